The quantitative estimate of drug-likeness (QED) is 0.486. The second kappa shape index (κ2) is 10.4. The SMILES string of the molecule is CN(CCC(c1ccccc1)c1ccccc1OCc1ccccc1)C(C)(C)CO. The molecule has 3 aromatic rings. The van der Waals surface area contributed by atoms with Crippen LogP contribution < -0.4 is 4.74 Å². The van der Waals surface area contributed by atoms with Crippen molar-refractivity contribution in [3.63, 3.8) is 0 Å². The number of likely N-dealkylation sites (N-methyl/N-ethyl adjacent to an activating group) is 1. The molecule has 0 aliphatic rings. The molecule has 3 nitrogen and oxygen atoms in total. The molecule has 3 rings (SSSR count). The standard InChI is InChI=1S/C27H33NO2/c1-27(2,21-29)28(3)19-18-24(23-14-8-5-9-15-23)25-16-10-11-17-26(25)30-20-22-12-6-4-7-13-22/h4-17,24,29H,18-21H2,1-3H3. The molecule has 1 N–H and O–H groups in total. The third-order valence-electron chi connectivity index (χ3n) is 5.91. The van der Waals surface area contributed by atoms with Crippen molar-refractivity contribution in [3.8, 4) is 5.75 Å². The summed E-state index contributed by atoms with van der Waals surface area (Å²) in [6.45, 7) is 5.70. The summed E-state index contributed by atoms with van der Waals surface area (Å²) in [5, 5.41) is 9.72. The summed E-state index contributed by atoms with van der Waals surface area (Å²) in [7, 11) is 2.08. The lowest BCUT2D eigenvalue weighted by Crippen LogP contribution is -2.44. The number of hydrogen-bond acceptors (Lipinski definition) is 3. The first-order valence-electron chi connectivity index (χ1n) is 10.6. The van der Waals surface area contributed by atoms with E-state index in [0.717, 1.165) is 24.3 Å². The highest BCUT2D eigenvalue weighted by Gasteiger charge is 2.25. The molecule has 30 heavy (non-hydrogen) atoms. The predicted octanol–water partition coefficient (Wildman–Crippen LogP) is 5.49. The second-order valence-corrected chi connectivity index (χ2v) is 8.46. The van der Waals surface area contributed by atoms with E-state index >= 15 is 0 Å². The monoisotopic (exact) mass is 403 g/mol. The molecule has 1 atom stereocenters. The Kier molecular flexibility index (Phi) is 7.67. The third kappa shape index (κ3) is 5.71. The molecule has 0 aliphatic carbocycles. The normalized spacial score (nSPS) is 12.7. The molecule has 3 aromatic carbocycles. The summed E-state index contributed by atoms with van der Waals surface area (Å²) in [4.78, 5) is 2.23. The van der Waals surface area contributed by atoms with Gasteiger partial charge >= 0.3 is 0 Å². The molecule has 1 unspecified atom stereocenters. The van der Waals surface area contributed by atoms with Crippen LogP contribution in [0, 0.1) is 0 Å². The Balaban J connectivity index is 1.85. The average Bonchev–Trinajstić information content (AvgIpc) is 2.79. The van der Waals surface area contributed by atoms with Gasteiger partial charge in [-0.2, -0.15) is 0 Å². The summed E-state index contributed by atoms with van der Waals surface area (Å²) in [5.41, 5.74) is 3.40. The summed E-state index contributed by atoms with van der Waals surface area (Å²) in [6.07, 6.45) is 0.940. The van der Waals surface area contributed by atoms with Crippen molar-refractivity contribution in [3.05, 3.63) is 102 Å². The van der Waals surface area contributed by atoms with E-state index in [0.29, 0.717) is 6.61 Å². The topological polar surface area (TPSA) is 32.7 Å². The third-order valence-corrected chi connectivity index (χ3v) is 5.91. The van der Waals surface area contributed by atoms with Crippen molar-refractivity contribution in [2.45, 2.75) is 38.3 Å². The Morgan fingerprint density at radius 3 is 2.13 bits per heavy atom. The predicted molar refractivity (Wildman–Crippen MR) is 124 cm³/mol. The lowest BCUT2D eigenvalue weighted by molar-refractivity contribution is 0.0773. The maximum absolute atomic E-state index is 9.72. The van der Waals surface area contributed by atoms with E-state index in [1.54, 1.807) is 0 Å². The molecule has 0 fully saturated rings. The highest BCUT2D eigenvalue weighted by Crippen LogP contribution is 2.35. The first-order chi connectivity index (χ1) is 14.5. The van der Waals surface area contributed by atoms with Crippen LogP contribution in [0.5, 0.6) is 5.75 Å². The molecule has 0 saturated heterocycles. The molecular weight excluding hydrogens is 370 g/mol. The minimum absolute atomic E-state index is 0.135. The van der Waals surface area contributed by atoms with E-state index < -0.39 is 0 Å². The molecule has 0 amide bonds. The maximum atomic E-state index is 9.72. The van der Waals surface area contributed by atoms with E-state index in [-0.39, 0.29) is 18.1 Å². The summed E-state index contributed by atoms with van der Waals surface area (Å²) in [6, 6.07) is 29.3. The van der Waals surface area contributed by atoms with E-state index in [1.807, 2.05) is 24.3 Å². The van der Waals surface area contributed by atoms with Gasteiger partial charge in [0.2, 0.25) is 0 Å². The number of benzene rings is 3. The Bertz CT molecular complexity index is 893. The van der Waals surface area contributed by atoms with Gasteiger partial charge in [0, 0.05) is 17.0 Å². The van der Waals surface area contributed by atoms with Gasteiger partial charge in [-0.15, -0.1) is 0 Å². The fourth-order valence-corrected chi connectivity index (χ4v) is 3.57. The molecule has 0 heterocycles. The zero-order valence-electron chi connectivity index (χ0n) is 18.3. The fourth-order valence-electron chi connectivity index (χ4n) is 3.57. The van der Waals surface area contributed by atoms with Gasteiger partial charge in [0.1, 0.15) is 12.4 Å². The van der Waals surface area contributed by atoms with Crippen LogP contribution in [0.2, 0.25) is 0 Å². The molecule has 0 spiro atoms. The number of para-hydroxylation sites is 1. The van der Waals surface area contributed by atoms with Crippen LogP contribution in [0.15, 0.2) is 84.9 Å². The van der Waals surface area contributed by atoms with Gasteiger partial charge in [-0.1, -0.05) is 78.9 Å². The first-order valence-corrected chi connectivity index (χ1v) is 10.6. The van der Waals surface area contributed by atoms with Crippen molar-refractivity contribution in [2.24, 2.45) is 0 Å². The van der Waals surface area contributed by atoms with E-state index in [4.69, 9.17) is 4.74 Å². The fraction of sp³-hybridized carbons (Fsp3) is 0.333. The highest BCUT2D eigenvalue weighted by molar-refractivity contribution is 5.42. The minimum atomic E-state index is -0.245. The molecule has 0 bridgehead atoms. The summed E-state index contributed by atoms with van der Waals surface area (Å²) >= 11 is 0. The lowest BCUT2D eigenvalue weighted by Gasteiger charge is -2.35. The molecule has 0 saturated carbocycles. The Morgan fingerprint density at radius 2 is 1.47 bits per heavy atom. The average molecular weight is 404 g/mol. The minimum Gasteiger partial charge on any atom is -0.489 e. The van der Waals surface area contributed by atoms with E-state index in [2.05, 4.69) is 86.5 Å². The zero-order valence-corrected chi connectivity index (χ0v) is 18.3. The van der Waals surface area contributed by atoms with Crippen LogP contribution in [0.1, 0.15) is 42.9 Å². The molecule has 0 radical (unpaired) electrons. The van der Waals surface area contributed by atoms with Crippen molar-refractivity contribution in [2.75, 3.05) is 20.2 Å². The van der Waals surface area contributed by atoms with Crippen molar-refractivity contribution >= 4 is 0 Å². The number of hydrogen-bond donors (Lipinski definition) is 1. The molecular formula is C27H33NO2. The number of aliphatic hydroxyl groups excluding tert-OH is 1. The van der Waals surface area contributed by atoms with Gasteiger partial charge in [0.15, 0.2) is 0 Å². The molecule has 0 aliphatic heterocycles. The zero-order chi connectivity index (χ0) is 21.4. The molecule has 3 heteroatoms. The van der Waals surface area contributed by atoms with Crippen LogP contribution in [-0.4, -0.2) is 35.7 Å². The van der Waals surface area contributed by atoms with E-state index in [9.17, 15) is 5.11 Å². The van der Waals surface area contributed by atoms with Gasteiger partial charge in [0.25, 0.3) is 0 Å². The highest BCUT2D eigenvalue weighted by atomic mass is 16.5. The number of ether oxygens (including phenoxy) is 1. The maximum Gasteiger partial charge on any atom is 0.123 e. The Morgan fingerprint density at radius 1 is 0.867 bits per heavy atom. The van der Waals surface area contributed by atoms with Crippen LogP contribution in [-0.2, 0) is 6.61 Å². The van der Waals surface area contributed by atoms with Gasteiger partial charge in [0.05, 0.1) is 6.61 Å². The van der Waals surface area contributed by atoms with Crippen LogP contribution in [0.25, 0.3) is 0 Å². The van der Waals surface area contributed by atoms with Crippen molar-refractivity contribution in [1.29, 1.82) is 0 Å². The summed E-state index contributed by atoms with van der Waals surface area (Å²) in [5.74, 6) is 1.15. The van der Waals surface area contributed by atoms with Gasteiger partial charge in [-0.25, -0.2) is 0 Å². The molecule has 158 valence electrons. The lowest BCUT2D eigenvalue weighted by atomic mass is 9.87. The molecule has 0 aromatic heterocycles. The summed E-state index contributed by atoms with van der Waals surface area (Å²) < 4.78 is 6.27. The number of nitrogens with zero attached hydrogens (tertiary/aromatic N) is 1. The second-order valence-electron chi connectivity index (χ2n) is 8.46. The van der Waals surface area contributed by atoms with Gasteiger partial charge in [-0.05, 0) is 51.1 Å². The van der Waals surface area contributed by atoms with Gasteiger partial charge < -0.3 is 9.84 Å². The first kappa shape index (κ1) is 22.1. The Labute approximate surface area is 180 Å². The van der Waals surface area contributed by atoms with E-state index in [1.165, 1.54) is 11.1 Å². The van der Waals surface area contributed by atoms with Crippen molar-refractivity contribution in [1.82, 2.24) is 4.90 Å². The number of rotatable bonds is 10. The van der Waals surface area contributed by atoms with Crippen LogP contribution >= 0.6 is 0 Å². The van der Waals surface area contributed by atoms with Gasteiger partial charge in [-0.3, -0.25) is 4.90 Å². The van der Waals surface area contributed by atoms with Crippen LogP contribution in [0.4, 0.5) is 0 Å². The van der Waals surface area contributed by atoms with Crippen LogP contribution in [0.3, 0.4) is 0 Å². The Hall–Kier alpha value is -2.62. The largest absolute Gasteiger partial charge is 0.489 e. The smallest absolute Gasteiger partial charge is 0.123 e. The number of aliphatic hydroxyl groups is 1. The van der Waals surface area contributed by atoms with Crippen molar-refractivity contribution < 1.29 is 9.84 Å².